The van der Waals surface area contributed by atoms with Crippen LogP contribution >= 0.6 is 11.3 Å². The molecule has 1 N–H and O–H groups in total. The predicted octanol–water partition coefficient (Wildman–Crippen LogP) is 4.01. The fraction of sp³-hybridized carbons (Fsp3) is 0.111. The Morgan fingerprint density at radius 2 is 1.92 bits per heavy atom. The maximum absolute atomic E-state index is 12.1. The molecule has 6 heteroatoms. The predicted molar refractivity (Wildman–Crippen MR) is 97.0 cm³/mol. The number of thiazole rings is 1. The molecule has 2 aromatic carbocycles. The van der Waals surface area contributed by atoms with Gasteiger partial charge < -0.3 is 15.0 Å². The van der Waals surface area contributed by atoms with Crippen LogP contribution in [0, 0.1) is 0 Å². The third-order valence-electron chi connectivity index (χ3n) is 3.31. The summed E-state index contributed by atoms with van der Waals surface area (Å²) in [5.74, 6) is 1.33. The van der Waals surface area contributed by atoms with E-state index in [9.17, 15) is 4.79 Å². The van der Waals surface area contributed by atoms with Gasteiger partial charge in [0, 0.05) is 18.6 Å². The van der Waals surface area contributed by atoms with E-state index in [-0.39, 0.29) is 12.5 Å². The van der Waals surface area contributed by atoms with Gasteiger partial charge in [0.15, 0.2) is 10.9 Å². The number of carbonyl (C=O) groups is 1. The maximum atomic E-state index is 12.1. The number of aromatic nitrogens is 1. The van der Waals surface area contributed by atoms with Gasteiger partial charge in [-0.25, -0.2) is 4.98 Å². The zero-order valence-corrected chi connectivity index (χ0v) is 14.0. The third kappa shape index (κ3) is 4.11. The van der Waals surface area contributed by atoms with Gasteiger partial charge in [0.1, 0.15) is 5.75 Å². The van der Waals surface area contributed by atoms with Crippen molar-refractivity contribution in [3.05, 3.63) is 66.2 Å². The van der Waals surface area contributed by atoms with Gasteiger partial charge in [0.05, 0.1) is 12.2 Å². The van der Waals surface area contributed by atoms with E-state index >= 15 is 0 Å². The van der Waals surface area contributed by atoms with Crippen LogP contribution in [-0.4, -0.2) is 24.5 Å². The van der Waals surface area contributed by atoms with E-state index in [4.69, 9.17) is 4.74 Å². The number of nitrogens with zero attached hydrogens (tertiary/aromatic N) is 2. The Hall–Kier alpha value is -2.86. The number of para-hydroxylation sites is 3. The van der Waals surface area contributed by atoms with Crippen molar-refractivity contribution in [2.24, 2.45) is 0 Å². The van der Waals surface area contributed by atoms with Crippen LogP contribution in [0.1, 0.15) is 0 Å². The number of ether oxygens (including phenoxy) is 1. The van der Waals surface area contributed by atoms with Crippen LogP contribution in [0.15, 0.2) is 66.2 Å². The van der Waals surface area contributed by atoms with Crippen molar-refractivity contribution < 1.29 is 9.53 Å². The lowest BCUT2D eigenvalue weighted by Crippen LogP contribution is -2.30. The molecule has 0 saturated heterocycles. The number of likely N-dealkylation sites (N-methyl/N-ethyl adjacent to an activating group) is 1. The maximum Gasteiger partial charge on any atom is 0.245 e. The number of benzene rings is 2. The topological polar surface area (TPSA) is 54.5 Å². The van der Waals surface area contributed by atoms with Gasteiger partial charge in [0.25, 0.3) is 0 Å². The third-order valence-corrected chi connectivity index (χ3v) is 4.00. The minimum absolute atomic E-state index is 0.123. The molecule has 3 aromatic rings. The summed E-state index contributed by atoms with van der Waals surface area (Å²) in [5, 5.41) is 5.20. The Labute approximate surface area is 144 Å². The van der Waals surface area contributed by atoms with Gasteiger partial charge in [-0.1, -0.05) is 30.3 Å². The van der Waals surface area contributed by atoms with Crippen molar-refractivity contribution in [2.75, 3.05) is 23.8 Å². The average molecular weight is 339 g/mol. The Kier molecular flexibility index (Phi) is 5.08. The molecule has 1 amide bonds. The van der Waals surface area contributed by atoms with Gasteiger partial charge in [-0.3, -0.25) is 4.79 Å². The highest BCUT2D eigenvalue weighted by molar-refractivity contribution is 7.13. The lowest BCUT2D eigenvalue weighted by molar-refractivity contribution is -0.114. The largest absolute Gasteiger partial charge is 0.455 e. The van der Waals surface area contributed by atoms with Crippen LogP contribution in [0.2, 0.25) is 0 Å². The molecule has 0 fully saturated rings. The quantitative estimate of drug-likeness (QED) is 0.737. The van der Waals surface area contributed by atoms with Crippen LogP contribution < -0.4 is 15.0 Å². The number of hydrogen-bond acceptors (Lipinski definition) is 5. The lowest BCUT2D eigenvalue weighted by Gasteiger charge is -2.21. The Balaban J connectivity index is 1.70. The van der Waals surface area contributed by atoms with E-state index in [0.717, 1.165) is 11.4 Å². The molecule has 0 atom stereocenters. The van der Waals surface area contributed by atoms with E-state index in [1.807, 2.05) is 71.9 Å². The van der Waals surface area contributed by atoms with Crippen molar-refractivity contribution >= 4 is 28.1 Å². The van der Waals surface area contributed by atoms with E-state index in [2.05, 4.69) is 10.3 Å². The molecule has 24 heavy (non-hydrogen) atoms. The number of hydrogen-bond donors (Lipinski definition) is 1. The Morgan fingerprint density at radius 1 is 1.17 bits per heavy atom. The number of rotatable bonds is 6. The fourth-order valence-electron chi connectivity index (χ4n) is 2.22. The molecule has 5 nitrogen and oxygen atoms in total. The molecule has 122 valence electrons. The number of carbonyl (C=O) groups excluding carboxylic acids is 1. The van der Waals surface area contributed by atoms with Crippen molar-refractivity contribution in [3.8, 4) is 11.5 Å². The molecule has 1 aromatic heterocycles. The van der Waals surface area contributed by atoms with Crippen LogP contribution in [0.5, 0.6) is 11.5 Å². The standard InChI is InChI=1S/C18H17N3O2S/c1-21(13-17(22)20-18-19-11-12-24-18)15-9-5-6-10-16(15)23-14-7-3-2-4-8-14/h2-12H,13H2,1H3,(H,19,20,22). The molecule has 0 aliphatic carbocycles. The first-order valence-corrected chi connectivity index (χ1v) is 8.33. The SMILES string of the molecule is CN(CC(=O)Nc1nccs1)c1ccccc1Oc1ccccc1. The van der Waals surface area contributed by atoms with Gasteiger partial charge >= 0.3 is 0 Å². The van der Waals surface area contributed by atoms with E-state index < -0.39 is 0 Å². The number of nitrogens with one attached hydrogen (secondary N) is 1. The molecule has 0 aliphatic heterocycles. The van der Waals surface area contributed by atoms with Gasteiger partial charge in [-0.2, -0.15) is 0 Å². The fourth-order valence-corrected chi connectivity index (χ4v) is 2.76. The molecule has 0 bridgehead atoms. The summed E-state index contributed by atoms with van der Waals surface area (Å²) >= 11 is 1.39. The van der Waals surface area contributed by atoms with Crippen LogP contribution in [0.25, 0.3) is 0 Å². The Bertz CT molecular complexity index is 791. The first kappa shape index (κ1) is 16.0. The van der Waals surface area contributed by atoms with Crippen molar-refractivity contribution in [3.63, 3.8) is 0 Å². The summed E-state index contributed by atoms with van der Waals surface area (Å²) in [4.78, 5) is 18.0. The smallest absolute Gasteiger partial charge is 0.245 e. The first-order valence-electron chi connectivity index (χ1n) is 7.45. The van der Waals surface area contributed by atoms with Gasteiger partial charge in [0.2, 0.25) is 5.91 Å². The number of anilines is 2. The highest BCUT2D eigenvalue weighted by Gasteiger charge is 2.13. The molecular formula is C18H17N3O2S. The molecule has 1 heterocycles. The van der Waals surface area contributed by atoms with Gasteiger partial charge in [-0.15, -0.1) is 11.3 Å². The van der Waals surface area contributed by atoms with Crippen LogP contribution in [-0.2, 0) is 4.79 Å². The van der Waals surface area contributed by atoms with Crippen molar-refractivity contribution in [1.82, 2.24) is 4.98 Å². The summed E-state index contributed by atoms with van der Waals surface area (Å²) in [6, 6.07) is 17.2. The highest BCUT2D eigenvalue weighted by atomic mass is 32.1. The minimum Gasteiger partial charge on any atom is -0.455 e. The Morgan fingerprint density at radius 3 is 2.67 bits per heavy atom. The summed E-state index contributed by atoms with van der Waals surface area (Å²) in [7, 11) is 1.86. The minimum atomic E-state index is -0.123. The zero-order valence-electron chi connectivity index (χ0n) is 13.2. The van der Waals surface area contributed by atoms with E-state index in [1.165, 1.54) is 11.3 Å². The van der Waals surface area contributed by atoms with E-state index in [0.29, 0.717) is 10.9 Å². The van der Waals surface area contributed by atoms with Crippen molar-refractivity contribution in [2.45, 2.75) is 0 Å². The van der Waals surface area contributed by atoms with Gasteiger partial charge in [-0.05, 0) is 24.3 Å². The first-order chi connectivity index (χ1) is 11.7. The lowest BCUT2D eigenvalue weighted by atomic mass is 10.2. The number of amides is 1. The monoisotopic (exact) mass is 339 g/mol. The van der Waals surface area contributed by atoms with Crippen molar-refractivity contribution in [1.29, 1.82) is 0 Å². The second-order valence-electron chi connectivity index (χ2n) is 5.12. The molecule has 0 spiro atoms. The van der Waals surface area contributed by atoms with Crippen LogP contribution in [0.4, 0.5) is 10.8 Å². The molecule has 0 aliphatic rings. The summed E-state index contributed by atoms with van der Waals surface area (Å²) in [6.45, 7) is 0.203. The molecule has 0 saturated carbocycles. The molecule has 0 radical (unpaired) electrons. The average Bonchev–Trinajstić information content (AvgIpc) is 3.09. The normalized spacial score (nSPS) is 10.2. The summed E-state index contributed by atoms with van der Waals surface area (Å²) in [6.07, 6.45) is 1.66. The molecular weight excluding hydrogens is 322 g/mol. The summed E-state index contributed by atoms with van der Waals surface area (Å²) in [5.41, 5.74) is 0.843. The second-order valence-corrected chi connectivity index (χ2v) is 6.02. The van der Waals surface area contributed by atoms with Crippen LogP contribution in [0.3, 0.4) is 0 Å². The second kappa shape index (κ2) is 7.61. The molecule has 3 rings (SSSR count). The highest BCUT2D eigenvalue weighted by Crippen LogP contribution is 2.31. The zero-order chi connectivity index (χ0) is 16.8. The van der Waals surface area contributed by atoms with E-state index in [1.54, 1.807) is 6.20 Å². The molecule has 0 unspecified atom stereocenters. The summed E-state index contributed by atoms with van der Waals surface area (Å²) < 4.78 is 5.93.